The van der Waals surface area contributed by atoms with E-state index in [-0.39, 0.29) is 0 Å². The fraction of sp³-hybridized carbons (Fsp3) is 0.458. The predicted octanol–water partition coefficient (Wildman–Crippen LogP) is 4.34. The molecule has 0 spiro atoms. The lowest BCUT2D eigenvalue weighted by Crippen LogP contribution is -2.44. The highest BCUT2D eigenvalue weighted by Crippen LogP contribution is 2.23. The second-order valence-electron chi connectivity index (χ2n) is 8.05. The molecule has 1 fully saturated rings. The molecule has 0 aliphatic carbocycles. The van der Waals surface area contributed by atoms with Gasteiger partial charge in [0, 0.05) is 39.1 Å². The van der Waals surface area contributed by atoms with Gasteiger partial charge in [-0.15, -0.1) is 0 Å². The summed E-state index contributed by atoms with van der Waals surface area (Å²) in [6.07, 6.45) is 3.06. The van der Waals surface area contributed by atoms with Gasteiger partial charge in [0.15, 0.2) is 0 Å². The first-order valence-corrected chi connectivity index (χ1v) is 11.3. The molecule has 0 unspecified atom stereocenters. The largest absolute Gasteiger partial charge is 0.492 e. The van der Waals surface area contributed by atoms with E-state index in [1.165, 1.54) is 37.5 Å². The molecule has 0 radical (unpaired) electrons. The molecule has 5 nitrogen and oxygen atoms in total. The lowest BCUT2D eigenvalue weighted by Gasteiger charge is -2.32. The molecule has 0 atom stereocenters. The molecule has 1 aliphatic heterocycles. The van der Waals surface area contributed by atoms with Gasteiger partial charge in [-0.3, -0.25) is 0 Å². The Bertz CT molecular complexity index is 949. The number of benzene rings is 2. The van der Waals surface area contributed by atoms with Crippen molar-refractivity contribution in [2.45, 2.75) is 25.8 Å². The van der Waals surface area contributed by atoms with E-state index in [1.807, 2.05) is 24.3 Å². The monoisotopic (exact) mass is 426 g/mol. The number of hydrogen-bond donors (Lipinski definition) is 0. The van der Waals surface area contributed by atoms with Crippen molar-refractivity contribution in [1.82, 2.24) is 19.4 Å². The molecule has 1 aromatic heterocycles. The van der Waals surface area contributed by atoms with Crippen molar-refractivity contribution in [3.05, 3.63) is 59.4 Å². The van der Waals surface area contributed by atoms with E-state index in [1.54, 1.807) is 0 Å². The second kappa shape index (κ2) is 10.3. The van der Waals surface area contributed by atoms with Crippen LogP contribution in [0.2, 0.25) is 5.02 Å². The number of hydrogen-bond acceptors (Lipinski definition) is 4. The van der Waals surface area contributed by atoms with Crippen molar-refractivity contribution in [2.75, 3.05) is 46.4 Å². The van der Waals surface area contributed by atoms with Gasteiger partial charge < -0.3 is 19.1 Å². The van der Waals surface area contributed by atoms with Crippen LogP contribution in [0.3, 0.4) is 0 Å². The molecule has 1 saturated heterocycles. The highest BCUT2D eigenvalue weighted by molar-refractivity contribution is 6.32. The number of imidazole rings is 1. The van der Waals surface area contributed by atoms with Crippen molar-refractivity contribution >= 4 is 22.6 Å². The van der Waals surface area contributed by atoms with Gasteiger partial charge in [-0.2, -0.15) is 0 Å². The van der Waals surface area contributed by atoms with Gasteiger partial charge in [0.25, 0.3) is 0 Å². The summed E-state index contributed by atoms with van der Waals surface area (Å²) in [5.74, 6) is 1.94. The van der Waals surface area contributed by atoms with Gasteiger partial charge in [0.05, 0.1) is 22.7 Å². The van der Waals surface area contributed by atoms with E-state index < -0.39 is 0 Å². The quantitative estimate of drug-likeness (QED) is 0.476. The van der Waals surface area contributed by atoms with Crippen LogP contribution in [-0.4, -0.2) is 65.7 Å². The van der Waals surface area contributed by atoms with E-state index in [2.05, 4.69) is 45.7 Å². The Labute approximate surface area is 184 Å². The molecular formula is C24H31ClN4O. The van der Waals surface area contributed by atoms with Gasteiger partial charge in [0.2, 0.25) is 0 Å². The SMILES string of the molecule is CN1CCN(CCCc2nc3ccccc3n2CCCOc2ccccc2Cl)CC1. The molecule has 0 N–H and O–H groups in total. The smallest absolute Gasteiger partial charge is 0.137 e. The maximum atomic E-state index is 6.19. The number of fused-ring (bicyclic) bond motifs is 1. The molecule has 1 aliphatic rings. The normalized spacial score (nSPS) is 15.7. The van der Waals surface area contributed by atoms with E-state index in [4.69, 9.17) is 21.3 Å². The van der Waals surface area contributed by atoms with Crippen LogP contribution in [0.1, 0.15) is 18.7 Å². The number of piperazine rings is 1. The van der Waals surface area contributed by atoms with Crippen LogP contribution < -0.4 is 4.74 Å². The Morgan fingerprint density at radius 2 is 1.70 bits per heavy atom. The van der Waals surface area contributed by atoms with Gasteiger partial charge in [-0.1, -0.05) is 35.9 Å². The highest BCUT2D eigenvalue weighted by Gasteiger charge is 2.15. The molecule has 2 heterocycles. The first-order chi connectivity index (χ1) is 14.7. The number of aryl methyl sites for hydroxylation is 2. The first-order valence-electron chi connectivity index (χ1n) is 10.9. The zero-order valence-corrected chi connectivity index (χ0v) is 18.5. The van der Waals surface area contributed by atoms with Crippen LogP contribution in [0, 0.1) is 0 Å². The molecule has 30 heavy (non-hydrogen) atoms. The number of para-hydroxylation sites is 3. The number of aromatic nitrogens is 2. The Hall–Kier alpha value is -2.08. The van der Waals surface area contributed by atoms with Crippen molar-refractivity contribution in [3.63, 3.8) is 0 Å². The lowest BCUT2D eigenvalue weighted by atomic mass is 10.2. The average Bonchev–Trinajstić information content (AvgIpc) is 3.11. The lowest BCUT2D eigenvalue weighted by molar-refractivity contribution is 0.152. The van der Waals surface area contributed by atoms with E-state index >= 15 is 0 Å². The van der Waals surface area contributed by atoms with Crippen molar-refractivity contribution in [3.8, 4) is 5.75 Å². The van der Waals surface area contributed by atoms with Gasteiger partial charge in [-0.25, -0.2) is 4.98 Å². The molecule has 4 rings (SSSR count). The molecule has 160 valence electrons. The molecular weight excluding hydrogens is 396 g/mol. The van der Waals surface area contributed by atoms with Crippen LogP contribution in [0.4, 0.5) is 0 Å². The first kappa shape index (κ1) is 21.2. The van der Waals surface area contributed by atoms with E-state index in [9.17, 15) is 0 Å². The third-order valence-electron chi connectivity index (χ3n) is 5.82. The third-order valence-corrected chi connectivity index (χ3v) is 6.14. The van der Waals surface area contributed by atoms with E-state index in [0.717, 1.165) is 43.6 Å². The Morgan fingerprint density at radius 3 is 2.53 bits per heavy atom. The van der Waals surface area contributed by atoms with Crippen LogP contribution in [0.5, 0.6) is 5.75 Å². The van der Waals surface area contributed by atoms with Crippen LogP contribution in [0.15, 0.2) is 48.5 Å². The minimum absolute atomic E-state index is 0.636. The average molecular weight is 427 g/mol. The standard InChI is InChI=1S/C24H31ClN4O/c1-27-15-17-28(18-16-27)13-6-12-24-26-21-9-3-4-10-22(21)29(24)14-7-19-30-23-11-5-2-8-20(23)25/h2-5,8-11H,6-7,12-19H2,1H3. The summed E-state index contributed by atoms with van der Waals surface area (Å²) >= 11 is 6.19. The van der Waals surface area contributed by atoms with Crippen molar-refractivity contribution in [1.29, 1.82) is 0 Å². The highest BCUT2D eigenvalue weighted by atomic mass is 35.5. The fourth-order valence-electron chi connectivity index (χ4n) is 4.06. The third kappa shape index (κ3) is 5.34. The Balaban J connectivity index is 1.34. The zero-order valence-electron chi connectivity index (χ0n) is 17.8. The van der Waals surface area contributed by atoms with Gasteiger partial charge >= 0.3 is 0 Å². The van der Waals surface area contributed by atoms with Crippen molar-refractivity contribution in [2.24, 2.45) is 0 Å². The number of likely N-dealkylation sites (N-methyl/N-ethyl adjacent to an activating group) is 1. The maximum absolute atomic E-state index is 6.19. The Kier molecular flexibility index (Phi) is 7.26. The van der Waals surface area contributed by atoms with Gasteiger partial charge in [0.1, 0.15) is 11.6 Å². The zero-order chi connectivity index (χ0) is 20.8. The van der Waals surface area contributed by atoms with Crippen LogP contribution >= 0.6 is 11.6 Å². The Morgan fingerprint density at radius 1 is 0.933 bits per heavy atom. The number of rotatable bonds is 9. The summed E-state index contributed by atoms with van der Waals surface area (Å²) in [4.78, 5) is 9.91. The minimum Gasteiger partial charge on any atom is -0.492 e. The van der Waals surface area contributed by atoms with Crippen LogP contribution in [0.25, 0.3) is 11.0 Å². The summed E-state index contributed by atoms with van der Waals surface area (Å²) in [5, 5.41) is 0.662. The second-order valence-corrected chi connectivity index (χ2v) is 8.46. The topological polar surface area (TPSA) is 33.5 Å². The fourth-order valence-corrected chi connectivity index (χ4v) is 4.25. The molecule has 6 heteroatoms. The number of nitrogens with zero attached hydrogens (tertiary/aromatic N) is 4. The van der Waals surface area contributed by atoms with Gasteiger partial charge in [-0.05, 0) is 50.7 Å². The summed E-state index contributed by atoms with van der Waals surface area (Å²) in [7, 11) is 2.20. The summed E-state index contributed by atoms with van der Waals surface area (Å²) in [6.45, 7) is 7.37. The molecule has 3 aromatic rings. The number of ether oxygens (including phenoxy) is 1. The minimum atomic E-state index is 0.636. The maximum Gasteiger partial charge on any atom is 0.137 e. The summed E-state index contributed by atoms with van der Waals surface area (Å²) in [5.41, 5.74) is 2.30. The number of halogens is 1. The van der Waals surface area contributed by atoms with Crippen molar-refractivity contribution < 1.29 is 4.74 Å². The molecule has 2 aromatic carbocycles. The predicted molar refractivity (Wildman–Crippen MR) is 124 cm³/mol. The van der Waals surface area contributed by atoms with Crippen LogP contribution in [-0.2, 0) is 13.0 Å². The summed E-state index contributed by atoms with van der Waals surface area (Å²) < 4.78 is 8.25. The molecule has 0 bridgehead atoms. The summed E-state index contributed by atoms with van der Waals surface area (Å²) in [6, 6.07) is 16.1. The van der Waals surface area contributed by atoms with E-state index in [0.29, 0.717) is 11.6 Å². The molecule has 0 saturated carbocycles. The molecule has 0 amide bonds.